The Balaban J connectivity index is 1.91. The van der Waals surface area contributed by atoms with E-state index >= 15 is 0 Å². The van der Waals surface area contributed by atoms with Crippen molar-refractivity contribution in [1.82, 2.24) is 14.7 Å². The van der Waals surface area contributed by atoms with Crippen molar-refractivity contribution in [3.8, 4) is 5.75 Å². The van der Waals surface area contributed by atoms with Gasteiger partial charge >= 0.3 is 0 Å². The molecule has 0 N–H and O–H groups in total. The van der Waals surface area contributed by atoms with Gasteiger partial charge in [0, 0.05) is 53.5 Å². The molecule has 2 heterocycles. The molecule has 1 fully saturated rings. The van der Waals surface area contributed by atoms with E-state index in [0.717, 1.165) is 13.1 Å². The molecule has 1 aromatic rings. The summed E-state index contributed by atoms with van der Waals surface area (Å²) in [6, 6.07) is 7.22. The number of ether oxygens (including phenoxy) is 4. The van der Waals surface area contributed by atoms with Gasteiger partial charge in [-0.15, -0.1) is 0 Å². The van der Waals surface area contributed by atoms with Gasteiger partial charge < -0.3 is 23.8 Å². The number of rotatable bonds is 12. The number of amides is 2. The van der Waals surface area contributed by atoms with Crippen LogP contribution in [0.15, 0.2) is 30.0 Å². The molecule has 0 bridgehead atoms. The van der Waals surface area contributed by atoms with Crippen LogP contribution in [0, 0.1) is 0 Å². The van der Waals surface area contributed by atoms with Gasteiger partial charge in [-0.05, 0) is 17.7 Å². The van der Waals surface area contributed by atoms with E-state index in [2.05, 4.69) is 4.90 Å². The molecule has 9 heteroatoms. The Hall–Kier alpha value is -2.46. The Labute approximate surface area is 189 Å². The summed E-state index contributed by atoms with van der Waals surface area (Å²) in [4.78, 5) is 32.5. The van der Waals surface area contributed by atoms with Gasteiger partial charge in [0.15, 0.2) is 0 Å². The van der Waals surface area contributed by atoms with E-state index < -0.39 is 0 Å². The number of hydrogen-bond donors (Lipinski definition) is 0. The average molecular weight is 448 g/mol. The van der Waals surface area contributed by atoms with Gasteiger partial charge in [-0.25, -0.2) is 0 Å². The molecule has 0 radical (unpaired) electrons. The molecule has 1 saturated heterocycles. The molecule has 0 spiro atoms. The Kier molecular flexibility index (Phi) is 9.04. The monoisotopic (exact) mass is 447 g/mol. The lowest BCUT2D eigenvalue weighted by atomic mass is 10.0. The predicted molar refractivity (Wildman–Crippen MR) is 119 cm³/mol. The fourth-order valence-electron chi connectivity index (χ4n) is 3.88. The first-order valence-electron chi connectivity index (χ1n) is 10.9. The molecule has 0 unspecified atom stereocenters. The van der Waals surface area contributed by atoms with Crippen molar-refractivity contribution in [2.24, 2.45) is 0 Å². The fourth-order valence-corrected chi connectivity index (χ4v) is 3.88. The summed E-state index contributed by atoms with van der Waals surface area (Å²) in [7, 11) is 4.82. The normalized spacial score (nSPS) is 17.4. The van der Waals surface area contributed by atoms with Crippen LogP contribution in [0.25, 0.3) is 5.57 Å². The Morgan fingerprint density at radius 3 is 2.09 bits per heavy atom. The molecule has 9 nitrogen and oxygen atoms in total. The first kappa shape index (κ1) is 24.2. The molecule has 176 valence electrons. The molecular weight excluding hydrogens is 414 g/mol. The number of benzene rings is 1. The van der Waals surface area contributed by atoms with Crippen LogP contribution in [0.5, 0.6) is 5.75 Å². The van der Waals surface area contributed by atoms with E-state index in [1.807, 2.05) is 17.0 Å². The van der Waals surface area contributed by atoms with Crippen LogP contribution in [0.1, 0.15) is 5.56 Å². The van der Waals surface area contributed by atoms with Gasteiger partial charge in [-0.3, -0.25) is 19.4 Å². The molecule has 0 aromatic heterocycles. The van der Waals surface area contributed by atoms with Crippen LogP contribution >= 0.6 is 0 Å². The van der Waals surface area contributed by atoms with Crippen LogP contribution in [-0.4, -0.2) is 114 Å². The maximum absolute atomic E-state index is 13.5. The third kappa shape index (κ3) is 5.66. The summed E-state index contributed by atoms with van der Waals surface area (Å²) >= 11 is 0. The molecule has 0 atom stereocenters. The molecule has 0 saturated carbocycles. The Morgan fingerprint density at radius 1 is 0.906 bits per heavy atom. The summed E-state index contributed by atoms with van der Waals surface area (Å²) in [6.07, 6.45) is 0. The summed E-state index contributed by atoms with van der Waals surface area (Å²) in [6.45, 7) is 5.72. The minimum Gasteiger partial charge on any atom is -0.497 e. The van der Waals surface area contributed by atoms with Gasteiger partial charge in [0.2, 0.25) is 0 Å². The Bertz CT molecular complexity index is 796. The fraction of sp³-hybridized carbons (Fsp3) is 0.565. The lowest BCUT2D eigenvalue weighted by molar-refractivity contribution is -0.138. The summed E-state index contributed by atoms with van der Waals surface area (Å²) in [5, 5.41) is 0. The summed E-state index contributed by atoms with van der Waals surface area (Å²) in [5.74, 6) is 0.136. The van der Waals surface area contributed by atoms with Crippen molar-refractivity contribution < 1.29 is 28.5 Å². The summed E-state index contributed by atoms with van der Waals surface area (Å²) in [5.41, 5.74) is 1.50. The standard InChI is InChI=1S/C23H33N3O6/c1-29-14-12-25(13-15-30-2)21-20(18-4-6-19(31-3)7-5-18)22(27)26(23(21)28)9-8-24-10-16-32-17-11-24/h4-7H,8-17H2,1-3H3. The highest BCUT2D eigenvalue weighted by Crippen LogP contribution is 2.32. The molecule has 3 rings (SSSR count). The zero-order valence-corrected chi connectivity index (χ0v) is 19.2. The molecule has 2 aliphatic heterocycles. The second-order valence-corrected chi connectivity index (χ2v) is 7.64. The van der Waals surface area contributed by atoms with E-state index in [1.165, 1.54) is 4.90 Å². The van der Waals surface area contributed by atoms with Gasteiger partial charge in [0.1, 0.15) is 11.4 Å². The van der Waals surface area contributed by atoms with Crippen LogP contribution < -0.4 is 4.74 Å². The van der Waals surface area contributed by atoms with E-state index in [4.69, 9.17) is 18.9 Å². The number of nitrogens with zero attached hydrogens (tertiary/aromatic N) is 3. The lowest BCUT2D eigenvalue weighted by Gasteiger charge is -2.28. The average Bonchev–Trinajstić information content (AvgIpc) is 3.08. The quantitative estimate of drug-likeness (QED) is 0.434. The number of hydrogen-bond acceptors (Lipinski definition) is 8. The van der Waals surface area contributed by atoms with Crippen LogP contribution in [0.3, 0.4) is 0 Å². The highest BCUT2D eigenvalue weighted by molar-refractivity contribution is 6.35. The van der Waals surface area contributed by atoms with Crippen molar-refractivity contribution in [3.63, 3.8) is 0 Å². The Morgan fingerprint density at radius 2 is 1.53 bits per heavy atom. The second-order valence-electron chi connectivity index (χ2n) is 7.64. The van der Waals surface area contributed by atoms with Gasteiger partial charge in [0.25, 0.3) is 11.8 Å². The van der Waals surface area contributed by atoms with E-state index in [9.17, 15) is 9.59 Å². The zero-order chi connectivity index (χ0) is 22.9. The van der Waals surface area contributed by atoms with Gasteiger partial charge in [0.05, 0.1) is 39.1 Å². The van der Waals surface area contributed by atoms with Crippen molar-refractivity contribution in [3.05, 3.63) is 35.5 Å². The largest absolute Gasteiger partial charge is 0.497 e. The van der Waals surface area contributed by atoms with E-state index in [-0.39, 0.29) is 11.8 Å². The van der Waals surface area contributed by atoms with Crippen molar-refractivity contribution in [2.75, 3.05) is 87.0 Å². The number of morpholine rings is 1. The maximum Gasteiger partial charge on any atom is 0.277 e. The SMILES string of the molecule is COCCN(CCOC)C1=C(c2ccc(OC)cc2)C(=O)N(CCN2CCOCC2)C1=O. The van der Waals surface area contributed by atoms with Gasteiger partial charge in [-0.2, -0.15) is 0 Å². The number of carbonyl (C=O) groups excluding carboxylic acids is 2. The maximum atomic E-state index is 13.5. The number of methoxy groups -OCH3 is 3. The van der Waals surface area contributed by atoms with E-state index in [1.54, 1.807) is 33.5 Å². The smallest absolute Gasteiger partial charge is 0.277 e. The highest BCUT2D eigenvalue weighted by Gasteiger charge is 2.41. The molecular formula is C23H33N3O6. The van der Waals surface area contributed by atoms with Gasteiger partial charge in [-0.1, -0.05) is 12.1 Å². The van der Waals surface area contributed by atoms with Crippen LogP contribution in [0.2, 0.25) is 0 Å². The molecule has 0 aliphatic carbocycles. The first-order valence-corrected chi connectivity index (χ1v) is 10.9. The predicted octanol–water partition coefficient (Wildman–Crippen LogP) is 0.702. The lowest BCUT2D eigenvalue weighted by Crippen LogP contribution is -2.44. The summed E-state index contributed by atoms with van der Waals surface area (Å²) < 4.78 is 21.1. The third-order valence-electron chi connectivity index (χ3n) is 5.71. The topological polar surface area (TPSA) is 80.8 Å². The molecule has 32 heavy (non-hydrogen) atoms. The third-order valence-corrected chi connectivity index (χ3v) is 5.71. The zero-order valence-electron chi connectivity index (χ0n) is 19.2. The van der Waals surface area contributed by atoms with Crippen molar-refractivity contribution in [2.45, 2.75) is 0 Å². The number of carbonyl (C=O) groups is 2. The minimum absolute atomic E-state index is 0.275. The van der Waals surface area contributed by atoms with E-state index in [0.29, 0.717) is 75.2 Å². The highest BCUT2D eigenvalue weighted by atomic mass is 16.5. The molecule has 2 amide bonds. The van der Waals surface area contributed by atoms with Crippen LogP contribution in [0.4, 0.5) is 0 Å². The first-order chi connectivity index (χ1) is 15.6. The number of imide groups is 1. The van der Waals surface area contributed by atoms with Crippen LogP contribution in [-0.2, 0) is 23.8 Å². The van der Waals surface area contributed by atoms with Crippen molar-refractivity contribution in [1.29, 1.82) is 0 Å². The second kappa shape index (κ2) is 12.0. The molecule has 1 aromatic carbocycles. The van der Waals surface area contributed by atoms with Crippen molar-refractivity contribution >= 4 is 17.4 Å². The molecule has 2 aliphatic rings. The minimum atomic E-state index is -0.277.